The lowest BCUT2D eigenvalue weighted by molar-refractivity contribution is -0.385. The molecule has 1 N–H and O–H groups in total. The number of aryl methyl sites for hydroxylation is 1. The summed E-state index contributed by atoms with van der Waals surface area (Å²) >= 11 is 0. The molecule has 0 aliphatic carbocycles. The van der Waals surface area contributed by atoms with Gasteiger partial charge in [0.1, 0.15) is 0 Å². The molecule has 0 aliphatic heterocycles. The zero-order chi connectivity index (χ0) is 16.4. The van der Waals surface area contributed by atoms with Crippen LogP contribution in [-0.4, -0.2) is 22.3 Å². The zero-order valence-corrected chi connectivity index (χ0v) is 12.4. The maximum atomic E-state index is 12.3. The van der Waals surface area contributed by atoms with E-state index in [-0.39, 0.29) is 23.8 Å². The van der Waals surface area contributed by atoms with E-state index in [2.05, 4.69) is 4.98 Å². The molecule has 1 heterocycles. The Hall–Kier alpha value is -3.15. The summed E-state index contributed by atoms with van der Waals surface area (Å²) < 4.78 is 5.41. The smallest absolute Gasteiger partial charge is 0.310 e. The van der Waals surface area contributed by atoms with Gasteiger partial charge in [-0.15, -0.1) is 0 Å². The van der Waals surface area contributed by atoms with Gasteiger partial charge in [-0.25, -0.2) is 0 Å². The average Bonchev–Trinajstić information content (AvgIpc) is 2.96. The van der Waals surface area contributed by atoms with Crippen molar-refractivity contribution in [1.29, 1.82) is 0 Å². The van der Waals surface area contributed by atoms with Gasteiger partial charge in [0.15, 0.2) is 12.4 Å². The van der Waals surface area contributed by atoms with Crippen molar-refractivity contribution in [2.75, 3.05) is 6.61 Å². The van der Waals surface area contributed by atoms with Gasteiger partial charge in [0.05, 0.1) is 4.92 Å². The van der Waals surface area contributed by atoms with Gasteiger partial charge in [-0.1, -0.05) is 24.3 Å². The molecule has 0 bridgehead atoms. The highest BCUT2D eigenvalue weighted by Gasteiger charge is 2.18. The van der Waals surface area contributed by atoms with Crippen molar-refractivity contribution in [1.82, 2.24) is 4.98 Å². The van der Waals surface area contributed by atoms with E-state index in [1.807, 2.05) is 24.3 Å². The molecule has 0 radical (unpaired) electrons. The van der Waals surface area contributed by atoms with Gasteiger partial charge in [0.25, 0.3) is 0 Å². The number of aromatic amines is 1. The number of benzene rings is 2. The van der Waals surface area contributed by atoms with Crippen molar-refractivity contribution in [3.63, 3.8) is 0 Å². The van der Waals surface area contributed by atoms with Gasteiger partial charge in [-0.2, -0.15) is 0 Å². The molecule has 0 unspecified atom stereocenters. The molecule has 116 valence electrons. The molecule has 0 fully saturated rings. The summed E-state index contributed by atoms with van der Waals surface area (Å²) in [5.41, 5.74) is 2.04. The highest BCUT2D eigenvalue weighted by Crippen LogP contribution is 2.28. The fourth-order valence-electron chi connectivity index (χ4n) is 2.41. The van der Waals surface area contributed by atoms with E-state index in [0.717, 1.165) is 16.5 Å². The largest absolute Gasteiger partial charge is 0.478 e. The Bertz CT molecular complexity index is 898. The number of carbonyl (C=O) groups is 1. The van der Waals surface area contributed by atoms with Crippen LogP contribution in [0.2, 0.25) is 0 Å². The fourth-order valence-corrected chi connectivity index (χ4v) is 2.41. The van der Waals surface area contributed by atoms with Crippen LogP contribution in [0.5, 0.6) is 5.75 Å². The summed E-state index contributed by atoms with van der Waals surface area (Å²) in [6, 6.07) is 12.0. The van der Waals surface area contributed by atoms with Crippen molar-refractivity contribution < 1.29 is 14.5 Å². The molecule has 1 aromatic heterocycles. The van der Waals surface area contributed by atoms with Crippen LogP contribution in [0.3, 0.4) is 0 Å². The molecule has 0 amide bonds. The number of hydrogen-bond donors (Lipinski definition) is 1. The van der Waals surface area contributed by atoms with Gasteiger partial charge in [0, 0.05) is 28.7 Å². The Morgan fingerprint density at radius 2 is 2.04 bits per heavy atom. The number of hydrogen-bond acceptors (Lipinski definition) is 4. The number of rotatable bonds is 5. The van der Waals surface area contributed by atoms with Gasteiger partial charge in [-0.05, 0) is 24.6 Å². The minimum atomic E-state index is -0.523. The average molecular weight is 310 g/mol. The molecular formula is C17H14N2O4. The molecule has 2 aromatic carbocycles. The SMILES string of the molecule is Cc1ccc([N+](=O)[O-])c(OCC(=O)c2c[nH]c3ccccc23)c1. The first kappa shape index (κ1) is 14.8. The van der Waals surface area contributed by atoms with Crippen molar-refractivity contribution in [3.8, 4) is 5.75 Å². The van der Waals surface area contributed by atoms with Crippen molar-refractivity contribution in [2.24, 2.45) is 0 Å². The number of H-pyrrole nitrogens is 1. The van der Waals surface area contributed by atoms with Crippen LogP contribution in [0.1, 0.15) is 15.9 Å². The number of nitro groups is 1. The van der Waals surface area contributed by atoms with E-state index in [0.29, 0.717) is 5.56 Å². The third-order valence-electron chi connectivity index (χ3n) is 3.56. The fraction of sp³-hybridized carbons (Fsp3) is 0.118. The van der Waals surface area contributed by atoms with Crippen LogP contribution in [0.25, 0.3) is 10.9 Å². The van der Waals surface area contributed by atoms with Crippen LogP contribution in [0, 0.1) is 17.0 Å². The first-order valence-electron chi connectivity index (χ1n) is 7.03. The topological polar surface area (TPSA) is 85.2 Å². The quantitative estimate of drug-likeness (QED) is 0.443. The Balaban J connectivity index is 1.82. The molecule has 3 rings (SSSR count). The number of aromatic nitrogens is 1. The second kappa shape index (κ2) is 5.92. The van der Waals surface area contributed by atoms with Crippen molar-refractivity contribution in [2.45, 2.75) is 6.92 Å². The molecule has 6 heteroatoms. The minimum Gasteiger partial charge on any atom is -0.478 e. The first-order valence-corrected chi connectivity index (χ1v) is 7.03. The maximum absolute atomic E-state index is 12.3. The Labute approximate surface area is 131 Å². The Morgan fingerprint density at radius 3 is 2.83 bits per heavy atom. The lowest BCUT2D eigenvalue weighted by Crippen LogP contribution is -2.12. The van der Waals surface area contributed by atoms with Crippen LogP contribution >= 0.6 is 0 Å². The van der Waals surface area contributed by atoms with Gasteiger partial charge >= 0.3 is 5.69 Å². The van der Waals surface area contributed by atoms with E-state index in [1.165, 1.54) is 6.07 Å². The number of ketones is 1. The summed E-state index contributed by atoms with van der Waals surface area (Å²) in [6.07, 6.45) is 1.63. The zero-order valence-electron chi connectivity index (χ0n) is 12.4. The maximum Gasteiger partial charge on any atom is 0.310 e. The lowest BCUT2D eigenvalue weighted by Gasteiger charge is -2.06. The first-order chi connectivity index (χ1) is 11.1. The summed E-state index contributed by atoms with van der Waals surface area (Å²) in [5, 5.41) is 11.8. The van der Waals surface area contributed by atoms with Crippen molar-refractivity contribution in [3.05, 3.63) is 69.9 Å². The molecule has 0 atom stereocenters. The van der Waals surface area contributed by atoms with Gasteiger partial charge in [-0.3, -0.25) is 14.9 Å². The summed E-state index contributed by atoms with van der Waals surface area (Å²) in [7, 11) is 0. The monoisotopic (exact) mass is 310 g/mol. The molecular weight excluding hydrogens is 296 g/mol. The molecule has 0 spiro atoms. The molecule has 6 nitrogen and oxygen atoms in total. The normalized spacial score (nSPS) is 10.7. The predicted octanol–water partition coefficient (Wildman–Crippen LogP) is 3.65. The number of ether oxygens (including phenoxy) is 1. The summed E-state index contributed by atoms with van der Waals surface area (Å²) in [4.78, 5) is 25.9. The molecule has 0 saturated carbocycles. The Kier molecular flexibility index (Phi) is 3.80. The summed E-state index contributed by atoms with van der Waals surface area (Å²) in [6.45, 7) is 1.55. The molecule has 0 saturated heterocycles. The van der Waals surface area contributed by atoms with E-state index in [1.54, 1.807) is 25.3 Å². The van der Waals surface area contributed by atoms with Crippen molar-refractivity contribution >= 4 is 22.4 Å². The number of nitro benzene ring substituents is 1. The second-order valence-electron chi connectivity index (χ2n) is 5.19. The third kappa shape index (κ3) is 2.91. The van der Waals surface area contributed by atoms with Crippen LogP contribution < -0.4 is 4.74 Å². The highest BCUT2D eigenvalue weighted by molar-refractivity contribution is 6.08. The standard InChI is InChI=1S/C17H14N2O4/c1-11-6-7-15(19(21)22)17(8-11)23-10-16(20)13-9-18-14-5-3-2-4-12(13)14/h2-9,18H,10H2,1H3. The Morgan fingerprint density at radius 1 is 1.26 bits per heavy atom. The molecule has 23 heavy (non-hydrogen) atoms. The van der Waals surface area contributed by atoms with E-state index in [9.17, 15) is 14.9 Å². The lowest BCUT2D eigenvalue weighted by atomic mass is 10.1. The van der Waals surface area contributed by atoms with Crippen LogP contribution in [-0.2, 0) is 0 Å². The molecule has 0 aliphatic rings. The third-order valence-corrected chi connectivity index (χ3v) is 3.56. The van der Waals surface area contributed by atoms with E-state index in [4.69, 9.17) is 4.74 Å². The van der Waals surface area contributed by atoms with Gasteiger partial charge in [0.2, 0.25) is 5.78 Å². The predicted molar refractivity (Wildman–Crippen MR) is 86.0 cm³/mol. The number of nitrogens with zero attached hydrogens (tertiary/aromatic N) is 1. The second-order valence-corrected chi connectivity index (χ2v) is 5.19. The van der Waals surface area contributed by atoms with E-state index >= 15 is 0 Å². The van der Waals surface area contributed by atoms with E-state index < -0.39 is 4.92 Å². The molecule has 3 aromatic rings. The number of Topliss-reactive ketones (excluding diaryl/α,β-unsaturated/α-hetero) is 1. The van der Waals surface area contributed by atoms with Crippen LogP contribution in [0.4, 0.5) is 5.69 Å². The number of nitrogens with one attached hydrogen (secondary N) is 1. The van der Waals surface area contributed by atoms with Gasteiger partial charge < -0.3 is 9.72 Å². The van der Waals surface area contributed by atoms with Crippen LogP contribution in [0.15, 0.2) is 48.7 Å². The number of fused-ring (bicyclic) bond motifs is 1. The number of carbonyl (C=O) groups excluding carboxylic acids is 1. The number of para-hydroxylation sites is 1. The summed E-state index contributed by atoms with van der Waals surface area (Å²) in [5.74, 6) is -0.138. The minimum absolute atomic E-state index is 0.100. The highest BCUT2D eigenvalue weighted by atomic mass is 16.6.